The number of benzene rings is 1. The summed E-state index contributed by atoms with van der Waals surface area (Å²) in [7, 11) is 0. The van der Waals surface area contributed by atoms with Crippen molar-refractivity contribution < 1.29 is 18.8 Å². The highest BCUT2D eigenvalue weighted by atomic mass is 16.5. The van der Waals surface area contributed by atoms with Crippen molar-refractivity contribution in [3.63, 3.8) is 0 Å². The lowest BCUT2D eigenvalue weighted by Crippen LogP contribution is -2.28. The van der Waals surface area contributed by atoms with Gasteiger partial charge in [0.1, 0.15) is 23.3 Å². The summed E-state index contributed by atoms with van der Waals surface area (Å²) in [6.45, 7) is 13.4. The molecule has 1 saturated heterocycles. The lowest BCUT2D eigenvalue weighted by molar-refractivity contribution is 0.102. The highest BCUT2D eigenvalue weighted by molar-refractivity contribution is 6.03. The van der Waals surface area contributed by atoms with Gasteiger partial charge in [0.25, 0.3) is 5.91 Å². The van der Waals surface area contributed by atoms with E-state index in [0.717, 1.165) is 26.1 Å². The number of hydrogen-bond donors (Lipinski definition) is 3. The van der Waals surface area contributed by atoms with Crippen molar-refractivity contribution in [1.29, 1.82) is 0 Å². The van der Waals surface area contributed by atoms with Crippen LogP contribution in [0.2, 0.25) is 0 Å². The smallest absolute Gasteiger partial charge is 0.324 e. The number of hydrogen-bond acceptors (Lipinski definition) is 7. The van der Waals surface area contributed by atoms with Crippen LogP contribution in [-0.4, -0.2) is 52.7 Å². The van der Waals surface area contributed by atoms with Gasteiger partial charge in [0.2, 0.25) is 0 Å². The molecule has 0 saturated carbocycles. The fourth-order valence-electron chi connectivity index (χ4n) is 4.15. The average Bonchev–Trinajstić information content (AvgIpc) is 3.50. The van der Waals surface area contributed by atoms with E-state index in [-0.39, 0.29) is 23.1 Å². The van der Waals surface area contributed by atoms with Crippen molar-refractivity contribution in [2.24, 2.45) is 5.92 Å². The summed E-state index contributed by atoms with van der Waals surface area (Å²) in [4.78, 5) is 31.6. The molecule has 3 amide bonds. The lowest BCUT2D eigenvalue weighted by atomic mass is 9.93. The molecule has 0 aliphatic carbocycles. The van der Waals surface area contributed by atoms with E-state index in [9.17, 15) is 9.59 Å². The fraction of sp³-hybridized carbons (Fsp3) is 0.429. The summed E-state index contributed by atoms with van der Waals surface area (Å²) in [6, 6.07) is 11.4. The zero-order chi connectivity index (χ0) is 27.3. The summed E-state index contributed by atoms with van der Waals surface area (Å²) in [5.74, 6) is 1.96. The molecule has 3 aromatic rings. The van der Waals surface area contributed by atoms with Gasteiger partial charge in [0.05, 0.1) is 6.20 Å². The Morgan fingerprint density at radius 2 is 1.79 bits per heavy atom. The van der Waals surface area contributed by atoms with Crippen LogP contribution >= 0.6 is 0 Å². The first-order chi connectivity index (χ1) is 18.0. The van der Waals surface area contributed by atoms with Crippen LogP contribution in [0.15, 0.2) is 53.2 Å². The number of anilines is 3. The minimum atomic E-state index is -0.452. The van der Waals surface area contributed by atoms with Crippen LogP contribution in [0, 0.1) is 5.92 Å². The van der Waals surface area contributed by atoms with Gasteiger partial charge in [-0.25, -0.2) is 9.78 Å². The van der Waals surface area contributed by atoms with Gasteiger partial charge in [-0.05, 0) is 48.7 Å². The second-order valence-corrected chi connectivity index (χ2v) is 11.0. The molecule has 4 rings (SSSR count). The molecule has 0 bridgehead atoms. The minimum Gasteiger partial charge on any atom is -0.487 e. The Morgan fingerprint density at radius 3 is 2.39 bits per heavy atom. The zero-order valence-electron chi connectivity index (χ0n) is 22.6. The van der Waals surface area contributed by atoms with Crippen LogP contribution in [0.5, 0.6) is 5.75 Å². The molecule has 0 radical (unpaired) electrons. The van der Waals surface area contributed by atoms with E-state index >= 15 is 0 Å². The summed E-state index contributed by atoms with van der Waals surface area (Å²) < 4.78 is 11.3. The molecule has 10 nitrogen and oxygen atoms in total. The molecular formula is C28H36N6O4. The number of nitrogens with zero attached hydrogens (tertiary/aromatic N) is 3. The highest BCUT2D eigenvalue weighted by Gasteiger charge is 2.24. The third-order valence-corrected chi connectivity index (χ3v) is 6.02. The minimum absolute atomic E-state index is 0.140. The third kappa shape index (κ3) is 7.55. The molecule has 1 aliphatic rings. The van der Waals surface area contributed by atoms with E-state index in [0.29, 0.717) is 34.6 Å². The van der Waals surface area contributed by atoms with Crippen LogP contribution in [0.1, 0.15) is 57.3 Å². The predicted octanol–water partition coefficient (Wildman–Crippen LogP) is 5.37. The van der Waals surface area contributed by atoms with Gasteiger partial charge in [0, 0.05) is 42.5 Å². The van der Waals surface area contributed by atoms with E-state index in [1.165, 1.54) is 0 Å². The molecule has 38 heavy (non-hydrogen) atoms. The zero-order valence-corrected chi connectivity index (χ0v) is 22.6. The Kier molecular flexibility index (Phi) is 8.31. The third-order valence-electron chi connectivity index (χ3n) is 6.02. The topological polar surface area (TPSA) is 122 Å². The molecule has 1 unspecified atom stereocenters. The maximum Gasteiger partial charge on any atom is 0.324 e. The van der Waals surface area contributed by atoms with E-state index < -0.39 is 6.03 Å². The van der Waals surface area contributed by atoms with Gasteiger partial charge in [0.15, 0.2) is 5.82 Å². The monoisotopic (exact) mass is 520 g/mol. The molecule has 3 heterocycles. The van der Waals surface area contributed by atoms with Crippen LogP contribution in [0.4, 0.5) is 22.0 Å². The number of pyridine rings is 1. The molecule has 10 heteroatoms. The van der Waals surface area contributed by atoms with Crippen molar-refractivity contribution in [3.05, 3.63) is 60.1 Å². The largest absolute Gasteiger partial charge is 0.487 e. The number of ether oxygens (including phenoxy) is 1. The Balaban J connectivity index is 1.24. The summed E-state index contributed by atoms with van der Waals surface area (Å²) in [6.07, 6.45) is 2.71. The average molecular weight is 521 g/mol. The fourth-order valence-corrected chi connectivity index (χ4v) is 4.15. The van der Waals surface area contributed by atoms with Gasteiger partial charge in [-0.3, -0.25) is 15.0 Å². The highest BCUT2D eigenvalue weighted by Crippen LogP contribution is 2.24. The number of carbonyl (C=O) groups excluding carboxylic acids is 2. The number of aromatic nitrogens is 2. The molecule has 1 aliphatic heterocycles. The molecule has 1 atom stereocenters. The normalized spacial score (nSPS) is 15.9. The summed E-state index contributed by atoms with van der Waals surface area (Å²) in [5, 5.41) is 12.1. The quantitative estimate of drug-likeness (QED) is 0.365. The number of carbonyl (C=O) groups is 2. The maximum absolute atomic E-state index is 12.6. The second-order valence-electron chi connectivity index (χ2n) is 11.0. The van der Waals surface area contributed by atoms with Crippen LogP contribution in [-0.2, 0) is 5.41 Å². The molecule has 3 N–H and O–H groups in total. The molecule has 202 valence electrons. The molecule has 1 aromatic carbocycles. The van der Waals surface area contributed by atoms with E-state index in [1.54, 1.807) is 48.7 Å². The van der Waals surface area contributed by atoms with E-state index in [1.807, 2.05) is 20.8 Å². The van der Waals surface area contributed by atoms with Gasteiger partial charge >= 0.3 is 6.03 Å². The Hall–Kier alpha value is -3.92. The molecule has 1 fully saturated rings. The molecule has 2 aromatic heterocycles. The van der Waals surface area contributed by atoms with Crippen LogP contribution in [0.3, 0.4) is 0 Å². The van der Waals surface area contributed by atoms with Crippen molar-refractivity contribution in [2.75, 3.05) is 35.6 Å². The van der Waals surface area contributed by atoms with Gasteiger partial charge in [-0.15, -0.1) is 0 Å². The van der Waals surface area contributed by atoms with E-state index in [2.05, 4.69) is 44.8 Å². The predicted molar refractivity (Wildman–Crippen MR) is 147 cm³/mol. The van der Waals surface area contributed by atoms with Gasteiger partial charge in [-0.1, -0.05) is 39.8 Å². The SMILES string of the molecule is CC(C)CN1CCC(Oc2ccc(C(=O)Nc3ccc(NC(=O)Nc4cc(C(C)(C)C)on4)cc3)nc2)C1. The van der Waals surface area contributed by atoms with Crippen molar-refractivity contribution in [1.82, 2.24) is 15.0 Å². The Morgan fingerprint density at radius 1 is 1.08 bits per heavy atom. The standard InChI is InChI=1S/C28H36N6O4/c1-18(2)16-34-13-12-22(17-34)37-21-10-11-23(29-15-21)26(35)30-19-6-8-20(9-7-19)31-27(36)32-25-14-24(38-33-25)28(3,4)5/h6-11,14-15,18,22H,12-13,16-17H2,1-5H3,(H,30,35)(H2,31,32,33,36). The Bertz CT molecular complexity index is 1230. The number of likely N-dealkylation sites (tertiary alicyclic amines) is 1. The lowest BCUT2D eigenvalue weighted by Gasteiger charge is -2.18. The van der Waals surface area contributed by atoms with Gasteiger partial charge < -0.3 is 19.9 Å². The van der Waals surface area contributed by atoms with Crippen molar-refractivity contribution >= 4 is 29.1 Å². The van der Waals surface area contributed by atoms with Crippen LogP contribution in [0.25, 0.3) is 0 Å². The van der Waals surface area contributed by atoms with Crippen molar-refractivity contribution in [3.8, 4) is 5.75 Å². The maximum atomic E-state index is 12.6. The number of amides is 3. The van der Waals surface area contributed by atoms with Crippen molar-refractivity contribution in [2.45, 2.75) is 52.6 Å². The number of rotatable bonds is 8. The second kappa shape index (κ2) is 11.6. The Labute approximate surface area is 223 Å². The van der Waals surface area contributed by atoms with Crippen LogP contribution < -0.4 is 20.7 Å². The van der Waals surface area contributed by atoms with Gasteiger partial charge in [-0.2, -0.15) is 0 Å². The first-order valence-corrected chi connectivity index (χ1v) is 12.9. The first-order valence-electron chi connectivity index (χ1n) is 12.9. The number of urea groups is 1. The summed E-state index contributed by atoms with van der Waals surface area (Å²) >= 11 is 0. The molecule has 0 spiro atoms. The number of nitrogens with one attached hydrogen (secondary N) is 3. The van der Waals surface area contributed by atoms with E-state index in [4.69, 9.17) is 9.26 Å². The summed E-state index contributed by atoms with van der Waals surface area (Å²) in [5.41, 5.74) is 1.21. The molecular weight excluding hydrogens is 484 g/mol. The first kappa shape index (κ1) is 27.1.